The van der Waals surface area contributed by atoms with Gasteiger partial charge in [-0.2, -0.15) is 0 Å². The van der Waals surface area contributed by atoms with Crippen LogP contribution in [-0.4, -0.2) is 23.7 Å². The molecule has 0 unspecified atom stereocenters. The Morgan fingerprint density at radius 3 is 2.71 bits per heavy atom. The van der Waals surface area contributed by atoms with Crippen molar-refractivity contribution >= 4 is 23.5 Å². The maximum atomic E-state index is 9.32. The molecule has 0 saturated carbocycles. The maximum absolute atomic E-state index is 9.32. The zero-order valence-corrected chi connectivity index (χ0v) is 9.53. The van der Waals surface area contributed by atoms with Gasteiger partial charge < -0.3 is 9.84 Å². The van der Waals surface area contributed by atoms with Crippen LogP contribution in [0.2, 0.25) is 0 Å². The van der Waals surface area contributed by atoms with Crippen molar-refractivity contribution in [3.63, 3.8) is 0 Å². The largest absolute Gasteiger partial charge is 0.508 e. The van der Waals surface area contributed by atoms with Crippen molar-refractivity contribution < 1.29 is 9.84 Å². The summed E-state index contributed by atoms with van der Waals surface area (Å²) in [5.41, 5.74) is 1.18. The number of benzene rings is 1. The van der Waals surface area contributed by atoms with Gasteiger partial charge in [0.15, 0.2) is 0 Å². The van der Waals surface area contributed by atoms with Gasteiger partial charge in [-0.1, -0.05) is 0 Å². The zero-order chi connectivity index (χ0) is 9.97. The fraction of sp³-hybridized carbons (Fsp3) is 0.400. The van der Waals surface area contributed by atoms with Gasteiger partial charge in [0.1, 0.15) is 11.5 Å². The maximum Gasteiger partial charge on any atom is 0.127 e. The van der Waals surface area contributed by atoms with E-state index >= 15 is 0 Å². The second-order valence-electron chi connectivity index (χ2n) is 3.00. The first-order chi connectivity index (χ1) is 6.81. The van der Waals surface area contributed by atoms with Crippen molar-refractivity contribution in [2.75, 3.05) is 18.6 Å². The number of hydrogen-bond acceptors (Lipinski definition) is 4. The van der Waals surface area contributed by atoms with Crippen molar-refractivity contribution in [1.82, 2.24) is 0 Å². The van der Waals surface area contributed by atoms with E-state index in [1.54, 1.807) is 19.2 Å². The second kappa shape index (κ2) is 4.36. The molecule has 0 atom stereocenters. The molecule has 0 bridgehead atoms. The molecule has 2 rings (SSSR count). The molecule has 0 radical (unpaired) electrons. The van der Waals surface area contributed by atoms with Crippen LogP contribution in [0, 0.1) is 0 Å². The standard InChI is InChI=1S/C10H12O2S2/c1-12-9-6-7(11)2-3-8(9)10-13-4-5-14-10/h2-3,6,10-11H,4-5H2,1H3. The van der Waals surface area contributed by atoms with Crippen molar-refractivity contribution in [3.8, 4) is 11.5 Å². The highest BCUT2D eigenvalue weighted by Gasteiger charge is 2.21. The molecule has 1 aliphatic heterocycles. The highest BCUT2D eigenvalue weighted by Crippen LogP contribution is 2.48. The molecule has 1 heterocycles. The summed E-state index contributed by atoms with van der Waals surface area (Å²) >= 11 is 3.86. The van der Waals surface area contributed by atoms with Crippen LogP contribution >= 0.6 is 23.5 Å². The molecule has 1 aliphatic rings. The summed E-state index contributed by atoms with van der Waals surface area (Å²) in [6, 6.07) is 5.34. The minimum absolute atomic E-state index is 0.263. The van der Waals surface area contributed by atoms with Gasteiger partial charge in [-0.15, -0.1) is 23.5 Å². The van der Waals surface area contributed by atoms with Crippen LogP contribution < -0.4 is 4.74 Å². The Hall–Kier alpha value is -0.480. The molecule has 0 aliphatic carbocycles. The molecule has 4 heteroatoms. The van der Waals surface area contributed by atoms with Gasteiger partial charge in [0.25, 0.3) is 0 Å². The Labute approximate surface area is 92.0 Å². The summed E-state index contributed by atoms with van der Waals surface area (Å²) in [7, 11) is 1.64. The van der Waals surface area contributed by atoms with E-state index < -0.39 is 0 Å². The SMILES string of the molecule is COc1cc(O)ccc1C1SCCS1. The summed E-state index contributed by atoms with van der Waals surface area (Å²) in [4.78, 5) is 0. The quantitative estimate of drug-likeness (QED) is 0.843. The normalized spacial score (nSPS) is 17.2. The molecule has 1 fully saturated rings. The molecule has 1 N–H and O–H groups in total. The lowest BCUT2D eigenvalue weighted by atomic mass is 10.2. The van der Waals surface area contributed by atoms with Crippen molar-refractivity contribution in [1.29, 1.82) is 0 Å². The van der Waals surface area contributed by atoms with E-state index in [2.05, 4.69) is 0 Å². The number of phenols is 1. The number of aromatic hydroxyl groups is 1. The van der Waals surface area contributed by atoms with Gasteiger partial charge in [0.05, 0.1) is 11.7 Å². The molecule has 0 amide bonds. The monoisotopic (exact) mass is 228 g/mol. The van der Waals surface area contributed by atoms with E-state index in [0.717, 1.165) is 5.75 Å². The first-order valence-electron chi connectivity index (χ1n) is 4.41. The van der Waals surface area contributed by atoms with Gasteiger partial charge in [-0.05, 0) is 12.1 Å². The van der Waals surface area contributed by atoms with Crippen LogP contribution in [0.15, 0.2) is 18.2 Å². The van der Waals surface area contributed by atoms with Gasteiger partial charge >= 0.3 is 0 Å². The minimum Gasteiger partial charge on any atom is -0.508 e. The smallest absolute Gasteiger partial charge is 0.127 e. The van der Waals surface area contributed by atoms with Crippen molar-refractivity contribution in [3.05, 3.63) is 23.8 Å². The zero-order valence-electron chi connectivity index (χ0n) is 7.90. The first-order valence-corrected chi connectivity index (χ1v) is 6.51. The molecule has 0 spiro atoms. The molecule has 1 aromatic rings. The van der Waals surface area contributed by atoms with E-state index in [-0.39, 0.29) is 5.75 Å². The molecular weight excluding hydrogens is 216 g/mol. The third-order valence-corrected chi connectivity index (χ3v) is 5.16. The lowest BCUT2D eigenvalue weighted by Gasteiger charge is -2.13. The predicted molar refractivity (Wildman–Crippen MR) is 62.3 cm³/mol. The fourth-order valence-corrected chi connectivity index (χ4v) is 4.34. The van der Waals surface area contributed by atoms with E-state index in [0.29, 0.717) is 4.58 Å². The average molecular weight is 228 g/mol. The van der Waals surface area contributed by atoms with Gasteiger partial charge in [0, 0.05) is 23.1 Å². The van der Waals surface area contributed by atoms with Crippen LogP contribution in [0.25, 0.3) is 0 Å². The summed E-state index contributed by atoms with van der Waals surface area (Å²) < 4.78 is 5.72. The minimum atomic E-state index is 0.263. The molecular formula is C10H12O2S2. The van der Waals surface area contributed by atoms with Crippen LogP contribution in [0.1, 0.15) is 10.1 Å². The van der Waals surface area contributed by atoms with Gasteiger partial charge in [0.2, 0.25) is 0 Å². The average Bonchev–Trinajstić information content (AvgIpc) is 2.70. The molecule has 76 valence electrons. The van der Waals surface area contributed by atoms with Crippen LogP contribution in [-0.2, 0) is 0 Å². The Bertz CT molecular complexity index is 322. The topological polar surface area (TPSA) is 29.5 Å². The highest BCUT2D eigenvalue weighted by molar-refractivity contribution is 8.19. The van der Waals surface area contributed by atoms with Crippen LogP contribution in [0.4, 0.5) is 0 Å². The van der Waals surface area contributed by atoms with Crippen LogP contribution in [0.5, 0.6) is 11.5 Å². The molecule has 2 nitrogen and oxygen atoms in total. The van der Waals surface area contributed by atoms with Crippen molar-refractivity contribution in [2.24, 2.45) is 0 Å². The first kappa shape index (κ1) is 10.1. The molecule has 1 saturated heterocycles. The number of hydrogen-bond donors (Lipinski definition) is 1. The highest BCUT2D eigenvalue weighted by atomic mass is 32.2. The van der Waals surface area contributed by atoms with E-state index in [4.69, 9.17) is 4.74 Å². The summed E-state index contributed by atoms with van der Waals surface area (Å²) in [5.74, 6) is 3.44. The number of ether oxygens (including phenoxy) is 1. The summed E-state index contributed by atoms with van der Waals surface area (Å²) in [6.07, 6.45) is 0. The van der Waals surface area contributed by atoms with E-state index in [1.807, 2.05) is 29.6 Å². The summed E-state index contributed by atoms with van der Waals surface area (Å²) in [5, 5.41) is 9.32. The van der Waals surface area contributed by atoms with Crippen molar-refractivity contribution in [2.45, 2.75) is 4.58 Å². The Morgan fingerprint density at radius 2 is 2.07 bits per heavy atom. The van der Waals surface area contributed by atoms with E-state index in [9.17, 15) is 5.11 Å². The Morgan fingerprint density at radius 1 is 1.36 bits per heavy atom. The molecule has 1 aromatic carbocycles. The Kier molecular flexibility index (Phi) is 3.13. The fourth-order valence-electron chi connectivity index (χ4n) is 1.43. The van der Waals surface area contributed by atoms with E-state index in [1.165, 1.54) is 17.1 Å². The number of phenolic OH excluding ortho intramolecular Hbond substituents is 1. The molecule has 14 heavy (non-hydrogen) atoms. The molecule has 0 aromatic heterocycles. The predicted octanol–water partition coefficient (Wildman–Crippen LogP) is 2.88. The third kappa shape index (κ3) is 1.96. The lowest BCUT2D eigenvalue weighted by Crippen LogP contribution is -1.92. The lowest BCUT2D eigenvalue weighted by molar-refractivity contribution is 0.404. The van der Waals surface area contributed by atoms with Crippen LogP contribution in [0.3, 0.4) is 0 Å². The number of methoxy groups -OCH3 is 1. The second-order valence-corrected chi connectivity index (χ2v) is 5.72. The Balaban J connectivity index is 2.31. The van der Waals surface area contributed by atoms with Gasteiger partial charge in [-0.25, -0.2) is 0 Å². The summed E-state index contributed by atoms with van der Waals surface area (Å²) in [6.45, 7) is 0. The third-order valence-electron chi connectivity index (χ3n) is 2.09. The number of rotatable bonds is 2. The van der Waals surface area contributed by atoms with Gasteiger partial charge in [-0.3, -0.25) is 0 Å². The number of thioether (sulfide) groups is 2.